The Kier molecular flexibility index (Phi) is 11.2. The second-order valence-corrected chi connectivity index (χ2v) is 15.9. The van der Waals surface area contributed by atoms with Gasteiger partial charge in [0.15, 0.2) is 5.71 Å². The summed E-state index contributed by atoms with van der Waals surface area (Å²) in [6, 6.07) is 16.7. The molecule has 2 aromatic carbocycles. The van der Waals surface area contributed by atoms with E-state index in [0.29, 0.717) is 18.7 Å². The van der Waals surface area contributed by atoms with Crippen LogP contribution in [-0.4, -0.2) is 47.9 Å². The Balaban J connectivity index is 1.44. The van der Waals surface area contributed by atoms with Crippen LogP contribution in [-0.2, 0) is 30.3 Å². The number of hydrogen-bond donors (Lipinski definition) is 1. The van der Waals surface area contributed by atoms with Crippen LogP contribution >= 0.6 is 23.6 Å². The van der Waals surface area contributed by atoms with Crippen LogP contribution in [0.15, 0.2) is 94.7 Å². The highest BCUT2D eigenvalue weighted by atomic mass is 35.5. The Hall–Kier alpha value is -2.70. The summed E-state index contributed by atoms with van der Waals surface area (Å²) >= 11 is 8.13. The van der Waals surface area contributed by atoms with Gasteiger partial charge in [0, 0.05) is 70.3 Å². The molecule has 0 bridgehead atoms. The van der Waals surface area contributed by atoms with E-state index in [-0.39, 0.29) is 16.6 Å². The van der Waals surface area contributed by atoms with Gasteiger partial charge in [-0.25, -0.2) is 0 Å². The molecule has 1 N–H and O–H groups in total. The van der Waals surface area contributed by atoms with E-state index in [2.05, 4.69) is 107 Å². The molecule has 0 unspecified atom stereocenters. The first-order valence-corrected chi connectivity index (χ1v) is 18.9. The second-order valence-electron chi connectivity index (χ2n) is 13.2. The van der Waals surface area contributed by atoms with E-state index >= 15 is 0 Å². The average molecular weight is 699 g/mol. The smallest absolute Gasteiger partial charge is 0.264 e. The van der Waals surface area contributed by atoms with Crippen molar-refractivity contribution in [3.05, 3.63) is 106 Å². The van der Waals surface area contributed by atoms with Crippen LogP contribution < -0.4 is 10.2 Å². The molecule has 2 aliphatic heterocycles. The highest BCUT2D eigenvalue weighted by Crippen LogP contribution is 2.48. The summed E-state index contributed by atoms with van der Waals surface area (Å²) < 4.78 is 39.0. The Morgan fingerprint density at radius 2 is 1.72 bits per heavy atom. The highest BCUT2D eigenvalue weighted by molar-refractivity contribution is 7.94. The fraction of sp³-hybridized carbons (Fsp3) is 0.417. The summed E-state index contributed by atoms with van der Waals surface area (Å²) in [4.78, 5) is 2.17. The van der Waals surface area contributed by atoms with Gasteiger partial charge in [-0.1, -0.05) is 74.0 Å². The van der Waals surface area contributed by atoms with Gasteiger partial charge in [-0.15, -0.1) is 0 Å². The Morgan fingerprint density at radius 3 is 2.47 bits per heavy atom. The van der Waals surface area contributed by atoms with Crippen LogP contribution in [0.1, 0.15) is 70.9 Å². The standard InChI is InChI=1S/C36H43ClN2O6S2/c1-35(2)28-14-5-7-16-30(28)38(22-10-24-46-45-44-40)32(35)20-18-26-12-9-13-27(34(26)37)19-21-33-36(3,4)29-15-6-8-17-31(29)39(33)23-11-25-47(41,42)43/h5-8,14-21H,9-13,22-25H2,1-4H3,(H-,40,41,42,43). The first-order chi connectivity index (χ1) is 22.4. The zero-order valence-electron chi connectivity index (χ0n) is 27.4. The van der Waals surface area contributed by atoms with Crippen LogP contribution in [0.4, 0.5) is 11.4 Å². The van der Waals surface area contributed by atoms with Crippen molar-refractivity contribution in [2.24, 2.45) is 0 Å². The van der Waals surface area contributed by atoms with Crippen molar-refractivity contribution in [2.45, 2.75) is 70.6 Å². The zero-order valence-corrected chi connectivity index (χ0v) is 29.8. The summed E-state index contributed by atoms with van der Waals surface area (Å²) in [5, 5.41) is 14.4. The van der Waals surface area contributed by atoms with Gasteiger partial charge in [0.25, 0.3) is 10.1 Å². The van der Waals surface area contributed by atoms with Crippen LogP contribution in [0.5, 0.6) is 0 Å². The number of para-hydroxylation sites is 2. The van der Waals surface area contributed by atoms with Crippen molar-refractivity contribution in [2.75, 3.05) is 29.5 Å². The molecule has 0 atom stereocenters. The molecule has 2 aromatic rings. The summed E-state index contributed by atoms with van der Waals surface area (Å²) in [6.07, 6.45) is 12.5. The minimum atomic E-state index is -4.04. The number of fused-ring (bicyclic) bond motifs is 2. The van der Waals surface area contributed by atoms with Crippen molar-refractivity contribution in [1.82, 2.24) is 0 Å². The maximum Gasteiger partial charge on any atom is 0.264 e. The Labute approximate surface area is 287 Å². The average Bonchev–Trinajstić information content (AvgIpc) is 3.38. The molecule has 0 spiro atoms. The van der Waals surface area contributed by atoms with E-state index in [0.717, 1.165) is 71.8 Å². The fourth-order valence-electron chi connectivity index (χ4n) is 7.07. The van der Waals surface area contributed by atoms with Gasteiger partial charge in [-0.2, -0.15) is 17.3 Å². The van der Waals surface area contributed by atoms with Crippen LogP contribution in [0, 0.1) is 0 Å². The lowest BCUT2D eigenvalue weighted by molar-refractivity contribution is -0.777. The zero-order chi connectivity index (χ0) is 33.8. The fourth-order valence-corrected chi connectivity index (χ4v) is 8.23. The highest BCUT2D eigenvalue weighted by Gasteiger charge is 2.44. The lowest BCUT2D eigenvalue weighted by atomic mass is 9.81. The molecule has 3 aliphatic rings. The maximum atomic E-state index is 11.5. The summed E-state index contributed by atoms with van der Waals surface area (Å²) in [6.45, 7) is 10.1. The van der Waals surface area contributed by atoms with E-state index in [9.17, 15) is 18.2 Å². The summed E-state index contributed by atoms with van der Waals surface area (Å²) in [7, 11) is -4.04. The predicted octanol–water partition coefficient (Wildman–Crippen LogP) is 7.44. The van der Waals surface area contributed by atoms with Crippen molar-refractivity contribution < 1.29 is 32.2 Å². The van der Waals surface area contributed by atoms with Crippen molar-refractivity contribution >= 4 is 50.8 Å². The molecule has 0 radical (unpaired) electrons. The van der Waals surface area contributed by atoms with Gasteiger partial charge < -0.3 is 10.2 Å². The monoisotopic (exact) mass is 698 g/mol. The SMILES string of the molecule is CC1(C)C(/C=C/C2=C(Cl)C(=C/C=C3\N(CCCS(=O)(=O)O)c4ccccc4C3(C)C)/CCC2)=[N+](CCCSOO[O-])c2ccccc21. The third-order valence-electron chi connectivity index (χ3n) is 9.41. The molecule has 5 rings (SSSR count). The number of nitrogens with zero attached hydrogens (tertiary/aromatic N) is 2. The number of benzene rings is 2. The predicted molar refractivity (Wildman–Crippen MR) is 188 cm³/mol. The van der Waals surface area contributed by atoms with Gasteiger partial charge in [0.1, 0.15) is 6.54 Å². The molecule has 252 valence electrons. The second kappa shape index (κ2) is 14.8. The molecule has 1 aliphatic carbocycles. The van der Waals surface area contributed by atoms with E-state index < -0.39 is 10.1 Å². The Bertz CT molecular complexity index is 1760. The largest absolute Gasteiger partial charge is 0.691 e. The number of anilines is 1. The maximum absolute atomic E-state index is 11.5. The molecule has 0 amide bonds. The topological polar surface area (TPSA) is 102 Å². The van der Waals surface area contributed by atoms with Gasteiger partial charge in [-0.05, 0) is 68.4 Å². The number of hydrogen-bond acceptors (Lipinski definition) is 7. The van der Waals surface area contributed by atoms with Crippen LogP contribution in [0.25, 0.3) is 0 Å². The van der Waals surface area contributed by atoms with Crippen molar-refractivity contribution in [3.63, 3.8) is 0 Å². The molecule has 0 saturated carbocycles. The third kappa shape index (κ3) is 7.80. The lowest BCUT2D eigenvalue weighted by Gasteiger charge is -2.27. The normalized spacial score (nSPS) is 20.6. The first-order valence-electron chi connectivity index (χ1n) is 16.0. The lowest BCUT2D eigenvalue weighted by Crippen LogP contribution is -2.28. The number of rotatable bonds is 13. The summed E-state index contributed by atoms with van der Waals surface area (Å²) in [5.74, 6) is 0.339. The number of allylic oxidation sites excluding steroid dienone is 8. The minimum Gasteiger partial charge on any atom is -0.691 e. The molecule has 0 fully saturated rings. The third-order valence-corrected chi connectivity index (χ3v) is 11.3. The molecule has 47 heavy (non-hydrogen) atoms. The van der Waals surface area contributed by atoms with Gasteiger partial charge in [0.05, 0.1) is 11.2 Å². The van der Waals surface area contributed by atoms with E-state index in [1.807, 2.05) is 12.1 Å². The molecular formula is C36H43ClN2O6S2. The quantitative estimate of drug-likeness (QED) is 0.0575. The molecule has 0 saturated heterocycles. The van der Waals surface area contributed by atoms with Crippen LogP contribution in [0.3, 0.4) is 0 Å². The van der Waals surface area contributed by atoms with Gasteiger partial charge in [0.2, 0.25) is 5.69 Å². The molecule has 2 heterocycles. The minimum absolute atomic E-state index is 0.207. The van der Waals surface area contributed by atoms with E-state index in [4.69, 9.17) is 11.6 Å². The first kappa shape index (κ1) is 35.6. The van der Waals surface area contributed by atoms with Crippen LogP contribution in [0.2, 0.25) is 0 Å². The summed E-state index contributed by atoms with van der Waals surface area (Å²) in [5.41, 5.74) is 8.59. The molecule has 0 aromatic heterocycles. The van der Waals surface area contributed by atoms with E-state index in [1.54, 1.807) is 0 Å². The van der Waals surface area contributed by atoms with Gasteiger partial charge in [-0.3, -0.25) is 9.59 Å². The number of halogens is 1. The molecule has 8 nitrogen and oxygen atoms in total. The van der Waals surface area contributed by atoms with E-state index in [1.165, 1.54) is 22.5 Å². The van der Waals surface area contributed by atoms with Crippen molar-refractivity contribution in [3.8, 4) is 0 Å². The molecule has 11 heteroatoms. The Morgan fingerprint density at radius 1 is 1.00 bits per heavy atom. The molecular weight excluding hydrogens is 656 g/mol. The van der Waals surface area contributed by atoms with Gasteiger partial charge >= 0.3 is 0 Å². The van der Waals surface area contributed by atoms with Crippen molar-refractivity contribution in [1.29, 1.82) is 0 Å².